The summed E-state index contributed by atoms with van der Waals surface area (Å²) >= 11 is 0. The van der Waals surface area contributed by atoms with Crippen LogP contribution in [0.15, 0.2) is 53.6 Å². The number of hydrogen-bond acceptors (Lipinski definition) is 2. The third kappa shape index (κ3) is 1.62. The number of benzene rings is 1. The van der Waals surface area contributed by atoms with Gasteiger partial charge in [0, 0.05) is 24.2 Å². The lowest BCUT2D eigenvalue weighted by Gasteiger charge is -2.34. The summed E-state index contributed by atoms with van der Waals surface area (Å²) in [5, 5.41) is 0. The van der Waals surface area contributed by atoms with Crippen LogP contribution in [0.25, 0.3) is 0 Å². The third-order valence-corrected chi connectivity index (χ3v) is 5.84. The molecule has 0 N–H and O–H groups in total. The van der Waals surface area contributed by atoms with E-state index in [-0.39, 0.29) is 0 Å². The van der Waals surface area contributed by atoms with Crippen LogP contribution in [0.1, 0.15) is 12.0 Å². The van der Waals surface area contributed by atoms with Gasteiger partial charge in [-0.1, -0.05) is 42.5 Å². The van der Waals surface area contributed by atoms with Gasteiger partial charge in [-0.25, -0.2) is 0 Å². The van der Waals surface area contributed by atoms with E-state index in [0.29, 0.717) is 29.8 Å². The van der Waals surface area contributed by atoms with Crippen molar-refractivity contribution in [3.63, 3.8) is 0 Å². The fourth-order valence-electron chi connectivity index (χ4n) is 4.89. The van der Waals surface area contributed by atoms with Gasteiger partial charge in [0.15, 0.2) is 0 Å². The van der Waals surface area contributed by atoms with Gasteiger partial charge >= 0.3 is 0 Å². The molecule has 21 heavy (non-hydrogen) atoms. The van der Waals surface area contributed by atoms with Crippen LogP contribution >= 0.6 is 0 Å². The molecule has 0 radical (unpaired) electrons. The molecule has 0 bridgehead atoms. The minimum atomic E-state index is 0.477. The summed E-state index contributed by atoms with van der Waals surface area (Å²) in [6, 6.07) is 10.0. The predicted molar refractivity (Wildman–Crippen MR) is 86.9 cm³/mol. The molecule has 1 aromatic carbocycles. The fraction of sp³-hybridized carbons (Fsp3) is 0.421. The molecule has 0 aromatic heterocycles. The number of nitrogens with zero attached hydrogens (tertiary/aromatic N) is 2. The van der Waals surface area contributed by atoms with Crippen LogP contribution in [-0.4, -0.2) is 24.8 Å². The zero-order valence-electron chi connectivity index (χ0n) is 12.1. The second kappa shape index (κ2) is 4.33. The summed E-state index contributed by atoms with van der Waals surface area (Å²) in [6.07, 6.45) is 13.9. The highest BCUT2D eigenvalue weighted by atomic mass is 15.2. The molecule has 0 saturated carbocycles. The van der Waals surface area contributed by atoms with Crippen LogP contribution in [0.5, 0.6) is 0 Å². The minimum Gasteiger partial charge on any atom is -0.365 e. The number of anilines is 1. The minimum absolute atomic E-state index is 0.477. The SMILES string of the molecule is C1=CC2C(C=C1)C1Cc3ccccc3N1CC1N=CCC12. The lowest BCUT2D eigenvalue weighted by atomic mass is 9.73. The number of para-hydroxylation sites is 1. The zero-order chi connectivity index (χ0) is 13.8. The van der Waals surface area contributed by atoms with Gasteiger partial charge in [-0.05, 0) is 42.5 Å². The van der Waals surface area contributed by atoms with Gasteiger partial charge < -0.3 is 4.90 Å². The topological polar surface area (TPSA) is 15.6 Å². The maximum Gasteiger partial charge on any atom is 0.0708 e. The van der Waals surface area contributed by atoms with Crippen LogP contribution < -0.4 is 4.90 Å². The summed E-state index contributed by atoms with van der Waals surface area (Å²) in [6.45, 7) is 1.09. The van der Waals surface area contributed by atoms with E-state index in [4.69, 9.17) is 4.99 Å². The molecule has 1 aromatic rings. The van der Waals surface area contributed by atoms with E-state index in [2.05, 4.69) is 59.7 Å². The maximum atomic E-state index is 4.82. The van der Waals surface area contributed by atoms with Gasteiger partial charge in [-0.15, -0.1) is 0 Å². The number of allylic oxidation sites excluding steroid dienone is 3. The highest BCUT2D eigenvalue weighted by Gasteiger charge is 2.46. The van der Waals surface area contributed by atoms with Gasteiger partial charge in [0.1, 0.15) is 0 Å². The Hall–Kier alpha value is -1.83. The first-order valence-corrected chi connectivity index (χ1v) is 8.13. The van der Waals surface area contributed by atoms with E-state index in [1.165, 1.54) is 17.7 Å². The average Bonchev–Trinajstić information content (AvgIpc) is 3.10. The summed E-state index contributed by atoms with van der Waals surface area (Å²) in [7, 11) is 0. The molecule has 1 aliphatic carbocycles. The smallest absolute Gasteiger partial charge is 0.0708 e. The molecular formula is C19H20N2. The highest BCUT2D eigenvalue weighted by molar-refractivity contribution is 5.64. The molecule has 3 aliphatic heterocycles. The number of hydrogen-bond donors (Lipinski definition) is 0. The summed E-state index contributed by atoms with van der Waals surface area (Å²) in [4.78, 5) is 7.47. The second-order valence-corrected chi connectivity index (χ2v) is 6.78. The standard InChI is InChI=1S/C19H20N2/c1-4-8-18-13(5-1)11-19-16-7-3-2-6-14(16)15-9-10-20-17(15)12-21(18)19/h1-8,10,14-17,19H,9,11-12H2. The molecule has 106 valence electrons. The first-order chi connectivity index (χ1) is 10.4. The van der Waals surface area contributed by atoms with Gasteiger partial charge in [0.05, 0.1) is 6.04 Å². The van der Waals surface area contributed by atoms with Gasteiger partial charge in [0.2, 0.25) is 0 Å². The Bertz CT molecular complexity index is 657. The van der Waals surface area contributed by atoms with Crippen LogP contribution in [0, 0.1) is 17.8 Å². The van der Waals surface area contributed by atoms with E-state index in [0.717, 1.165) is 13.0 Å². The van der Waals surface area contributed by atoms with Gasteiger partial charge in [-0.3, -0.25) is 4.99 Å². The third-order valence-electron chi connectivity index (χ3n) is 5.84. The van der Waals surface area contributed by atoms with E-state index in [1.54, 1.807) is 0 Å². The molecule has 5 atom stereocenters. The Morgan fingerprint density at radius 1 is 1.05 bits per heavy atom. The number of fused-ring (bicyclic) bond motifs is 7. The molecule has 4 aliphatic rings. The molecule has 0 amide bonds. The molecule has 0 spiro atoms. The Labute approximate surface area is 125 Å². The van der Waals surface area contributed by atoms with Crippen molar-refractivity contribution in [2.45, 2.75) is 24.9 Å². The van der Waals surface area contributed by atoms with Crippen molar-refractivity contribution >= 4 is 11.9 Å². The first-order valence-electron chi connectivity index (χ1n) is 8.13. The van der Waals surface area contributed by atoms with Crippen molar-refractivity contribution in [3.8, 4) is 0 Å². The van der Waals surface area contributed by atoms with Crippen molar-refractivity contribution in [2.24, 2.45) is 22.7 Å². The molecule has 1 saturated heterocycles. The number of rotatable bonds is 0. The van der Waals surface area contributed by atoms with Crippen molar-refractivity contribution in [1.82, 2.24) is 0 Å². The Morgan fingerprint density at radius 3 is 2.86 bits per heavy atom. The van der Waals surface area contributed by atoms with E-state index in [9.17, 15) is 0 Å². The van der Waals surface area contributed by atoms with Crippen molar-refractivity contribution in [1.29, 1.82) is 0 Å². The normalized spacial score (nSPS) is 38.7. The zero-order valence-corrected chi connectivity index (χ0v) is 12.1. The molecule has 3 heterocycles. The Kier molecular flexibility index (Phi) is 2.43. The quantitative estimate of drug-likeness (QED) is 0.710. The lowest BCUT2D eigenvalue weighted by molar-refractivity contribution is 0.303. The fourth-order valence-corrected chi connectivity index (χ4v) is 4.89. The first kappa shape index (κ1) is 11.8. The molecule has 1 fully saturated rings. The molecule has 2 heteroatoms. The largest absolute Gasteiger partial charge is 0.365 e. The van der Waals surface area contributed by atoms with Crippen molar-refractivity contribution in [2.75, 3.05) is 11.4 Å². The Morgan fingerprint density at radius 2 is 1.90 bits per heavy atom. The molecule has 5 unspecified atom stereocenters. The van der Waals surface area contributed by atoms with Crippen molar-refractivity contribution < 1.29 is 0 Å². The highest BCUT2D eigenvalue weighted by Crippen LogP contribution is 2.46. The van der Waals surface area contributed by atoms with Crippen molar-refractivity contribution in [3.05, 3.63) is 54.1 Å². The molecule has 2 nitrogen and oxygen atoms in total. The summed E-state index contributed by atoms with van der Waals surface area (Å²) in [5.74, 6) is 2.00. The van der Waals surface area contributed by atoms with Crippen LogP contribution in [0.2, 0.25) is 0 Å². The van der Waals surface area contributed by atoms with E-state index in [1.807, 2.05) is 0 Å². The summed E-state index contributed by atoms with van der Waals surface area (Å²) in [5.41, 5.74) is 2.97. The van der Waals surface area contributed by atoms with Crippen LogP contribution in [0.4, 0.5) is 5.69 Å². The monoisotopic (exact) mass is 276 g/mol. The maximum absolute atomic E-state index is 4.82. The van der Waals surface area contributed by atoms with Gasteiger partial charge in [0.25, 0.3) is 0 Å². The Balaban J connectivity index is 1.62. The second-order valence-electron chi connectivity index (χ2n) is 6.78. The predicted octanol–water partition coefficient (Wildman–Crippen LogP) is 3.25. The average molecular weight is 276 g/mol. The van der Waals surface area contributed by atoms with E-state index < -0.39 is 0 Å². The molecular weight excluding hydrogens is 256 g/mol. The van der Waals surface area contributed by atoms with Gasteiger partial charge in [-0.2, -0.15) is 0 Å². The summed E-state index contributed by atoms with van der Waals surface area (Å²) < 4.78 is 0. The lowest BCUT2D eigenvalue weighted by Crippen LogP contribution is -2.39. The number of aliphatic imine (C=N–C) groups is 1. The van der Waals surface area contributed by atoms with Crippen LogP contribution in [-0.2, 0) is 6.42 Å². The van der Waals surface area contributed by atoms with Crippen LogP contribution in [0.3, 0.4) is 0 Å². The molecule has 5 rings (SSSR count). The van der Waals surface area contributed by atoms with E-state index >= 15 is 0 Å².